The molecular formula is C25H33N5O4S. The van der Waals surface area contributed by atoms with Crippen molar-refractivity contribution < 1.29 is 18.0 Å². The van der Waals surface area contributed by atoms with E-state index in [4.69, 9.17) is 0 Å². The summed E-state index contributed by atoms with van der Waals surface area (Å²) < 4.78 is 26.3. The van der Waals surface area contributed by atoms with Crippen LogP contribution in [0.5, 0.6) is 0 Å². The minimum Gasteiger partial charge on any atom is -0.359 e. The normalized spacial score (nSPS) is 17.3. The third kappa shape index (κ3) is 5.19. The van der Waals surface area contributed by atoms with Gasteiger partial charge in [-0.3, -0.25) is 9.59 Å². The Labute approximate surface area is 206 Å². The van der Waals surface area contributed by atoms with Gasteiger partial charge in [0.1, 0.15) is 0 Å². The maximum Gasteiger partial charge on any atom is 0.256 e. The highest BCUT2D eigenvalue weighted by atomic mass is 32.2. The van der Waals surface area contributed by atoms with E-state index in [1.165, 1.54) is 39.1 Å². The fourth-order valence-electron chi connectivity index (χ4n) is 4.63. The van der Waals surface area contributed by atoms with Gasteiger partial charge < -0.3 is 20.5 Å². The Balaban J connectivity index is 1.54. The van der Waals surface area contributed by atoms with Gasteiger partial charge in [-0.1, -0.05) is 0 Å². The first-order valence-corrected chi connectivity index (χ1v) is 13.3. The van der Waals surface area contributed by atoms with Crippen molar-refractivity contribution in [2.24, 2.45) is 0 Å². The first kappa shape index (κ1) is 25.2. The second-order valence-electron chi connectivity index (χ2n) is 9.35. The Morgan fingerprint density at radius 3 is 2.60 bits per heavy atom. The van der Waals surface area contributed by atoms with Crippen molar-refractivity contribution in [1.29, 1.82) is 0 Å². The number of hydrogen-bond acceptors (Lipinski definition) is 5. The predicted octanol–water partition coefficient (Wildman–Crippen LogP) is 2.13. The summed E-state index contributed by atoms with van der Waals surface area (Å²) >= 11 is 0. The summed E-state index contributed by atoms with van der Waals surface area (Å²) in [6.07, 6.45) is 4.43. The molecule has 10 heteroatoms. The third-order valence-electron chi connectivity index (χ3n) is 6.76. The number of carbonyl (C=O) groups is 2. The molecule has 9 nitrogen and oxygen atoms in total. The van der Waals surface area contributed by atoms with Crippen LogP contribution in [0.25, 0.3) is 11.6 Å². The van der Waals surface area contributed by atoms with E-state index in [-0.39, 0.29) is 23.1 Å². The molecule has 2 aliphatic heterocycles. The van der Waals surface area contributed by atoms with Crippen LogP contribution in [-0.4, -0.2) is 74.7 Å². The number of fused-ring (bicyclic) bond motifs is 1. The van der Waals surface area contributed by atoms with Gasteiger partial charge in [0.15, 0.2) is 0 Å². The number of nitrogens with zero attached hydrogens (tertiary/aromatic N) is 2. The van der Waals surface area contributed by atoms with Gasteiger partial charge in [-0.05, 0) is 75.2 Å². The lowest BCUT2D eigenvalue weighted by Crippen LogP contribution is -2.34. The van der Waals surface area contributed by atoms with E-state index in [1.807, 2.05) is 13.8 Å². The Bertz CT molecular complexity index is 1290. The van der Waals surface area contributed by atoms with Crippen LogP contribution >= 0.6 is 0 Å². The van der Waals surface area contributed by atoms with E-state index >= 15 is 0 Å². The van der Waals surface area contributed by atoms with Crippen LogP contribution in [0, 0.1) is 13.8 Å². The number of likely N-dealkylation sites (tertiary alicyclic amines) is 1. The minimum absolute atomic E-state index is 0.0314. The highest BCUT2D eigenvalue weighted by molar-refractivity contribution is 7.89. The summed E-state index contributed by atoms with van der Waals surface area (Å²) in [4.78, 5) is 31.0. The molecule has 0 spiro atoms. The lowest BCUT2D eigenvalue weighted by molar-refractivity contribution is -0.120. The molecular weight excluding hydrogens is 466 g/mol. The van der Waals surface area contributed by atoms with Crippen molar-refractivity contribution >= 4 is 39.2 Å². The van der Waals surface area contributed by atoms with Gasteiger partial charge in [0.2, 0.25) is 15.9 Å². The van der Waals surface area contributed by atoms with Gasteiger partial charge in [0.25, 0.3) is 5.91 Å². The fourth-order valence-corrected chi connectivity index (χ4v) is 5.56. The average Bonchev–Trinajstić information content (AvgIpc) is 3.49. The van der Waals surface area contributed by atoms with Crippen LogP contribution in [0.3, 0.4) is 0 Å². The Morgan fingerprint density at radius 2 is 1.91 bits per heavy atom. The van der Waals surface area contributed by atoms with Gasteiger partial charge >= 0.3 is 0 Å². The quantitative estimate of drug-likeness (QED) is 0.482. The summed E-state index contributed by atoms with van der Waals surface area (Å²) in [5.74, 6) is -0.330. The largest absolute Gasteiger partial charge is 0.359 e. The van der Waals surface area contributed by atoms with Crippen LogP contribution in [0.2, 0.25) is 0 Å². The van der Waals surface area contributed by atoms with E-state index < -0.39 is 10.0 Å². The SMILES string of the molecule is Cc1[nH]c(C=C2C(=O)Nc3ccc(S(=O)(=O)N(C)C)cc32)c(C)c1CC(=O)NCCN1CCCC1. The van der Waals surface area contributed by atoms with E-state index in [0.717, 1.165) is 46.5 Å². The molecule has 4 rings (SSSR count). The molecule has 1 aromatic heterocycles. The Kier molecular flexibility index (Phi) is 7.16. The number of carbonyl (C=O) groups excluding carboxylic acids is 2. The monoisotopic (exact) mass is 499 g/mol. The Hall–Kier alpha value is -2.95. The van der Waals surface area contributed by atoms with Crippen molar-refractivity contribution in [1.82, 2.24) is 19.5 Å². The molecule has 0 bridgehead atoms. The number of H-pyrrole nitrogens is 1. The van der Waals surface area contributed by atoms with Gasteiger partial charge in [-0.25, -0.2) is 12.7 Å². The zero-order valence-electron chi connectivity index (χ0n) is 20.7. The lowest BCUT2D eigenvalue weighted by Gasteiger charge is -2.14. The first-order chi connectivity index (χ1) is 16.6. The smallest absolute Gasteiger partial charge is 0.256 e. The molecule has 0 saturated carbocycles. The maximum atomic E-state index is 12.7. The molecule has 2 amide bonds. The molecule has 188 valence electrons. The molecule has 0 unspecified atom stereocenters. The molecule has 3 heterocycles. The number of benzene rings is 1. The zero-order valence-corrected chi connectivity index (χ0v) is 21.5. The second-order valence-corrected chi connectivity index (χ2v) is 11.5. The summed E-state index contributed by atoms with van der Waals surface area (Å²) in [6, 6.07) is 4.62. The number of sulfonamides is 1. The molecule has 2 aliphatic rings. The van der Waals surface area contributed by atoms with Crippen LogP contribution in [-0.2, 0) is 26.0 Å². The van der Waals surface area contributed by atoms with Crippen LogP contribution in [0.15, 0.2) is 23.1 Å². The van der Waals surface area contributed by atoms with E-state index in [0.29, 0.717) is 23.4 Å². The molecule has 35 heavy (non-hydrogen) atoms. The number of hydrogen-bond donors (Lipinski definition) is 3. The van der Waals surface area contributed by atoms with Crippen LogP contribution in [0.4, 0.5) is 5.69 Å². The number of anilines is 1. The molecule has 0 aliphatic carbocycles. The zero-order chi connectivity index (χ0) is 25.3. The van der Waals surface area contributed by atoms with Crippen LogP contribution < -0.4 is 10.6 Å². The number of rotatable bonds is 8. The Morgan fingerprint density at radius 1 is 1.20 bits per heavy atom. The second kappa shape index (κ2) is 9.96. The van der Waals surface area contributed by atoms with Gasteiger partial charge in [-0.2, -0.15) is 0 Å². The highest BCUT2D eigenvalue weighted by Crippen LogP contribution is 2.36. The fraction of sp³-hybridized carbons (Fsp3) is 0.440. The standard InChI is InChI=1S/C25H33N5O4S/c1-16-19(15-24(31)26-9-12-30-10-5-6-11-30)17(2)27-23(16)14-21-20-13-18(35(33,34)29(3)4)7-8-22(20)28-25(21)32/h7-8,13-14,27H,5-6,9-12,15H2,1-4H3,(H,26,31)(H,28,32). The average molecular weight is 500 g/mol. The van der Waals surface area contributed by atoms with E-state index in [9.17, 15) is 18.0 Å². The van der Waals surface area contributed by atoms with Gasteiger partial charge in [0.05, 0.1) is 16.9 Å². The molecule has 2 aromatic rings. The molecule has 1 saturated heterocycles. The van der Waals surface area contributed by atoms with Crippen molar-refractivity contribution in [3.05, 3.63) is 46.3 Å². The van der Waals surface area contributed by atoms with E-state index in [2.05, 4.69) is 20.5 Å². The van der Waals surface area contributed by atoms with Gasteiger partial charge in [0, 0.05) is 49.8 Å². The number of aromatic amines is 1. The number of aromatic nitrogens is 1. The summed E-state index contributed by atoms with van der Waals surface area (Å²) in [7, 11) is -0.698. The van der Waals surface area contributed by atoms with Crippen molar-refractivity contribution in [2.75, 3.05) is 45.6 Å². The number of aryl methyl sites for hydroxylation is 1. The predicted molar refractivity (Wildman–Crippen MR) is 136 cm³/mol. The highest BCUT2D eigenvalue weighted by Gasteiger charge is 2.28. The van der Waals surface area contributed by atoms with E-state index in [1.54, 1.807) is 12.1 Å². The maximum absolute atomic E-state index is 12.7. The minimum atomic E-state index is -3.64. The van der Waals surface area contributed by atoms with Gasteiger partial charge in [-0.15, -0.1) is 0 Å². The number of amides is 2. The molecule has 1 aromatic carbocycles. The molecule has 1 fully saturated rings. The first-order valence-electron chi connectivity index (χ1n) is 11.8. The van der Waals surface area contributed by atoms with Crippen LogP contribution in [0.1, 0.15) is 40.9 Å². The third-order valence-corrected chi connectivity index (χ3v) is 8.57. The van der Waals surface area contributed by atoms with Crippen molar-refractivity contribution in [3.63, 3.8) is 0 Å². The summed E-state index contributed by atoms with van der Waals surface area (Å²) in [5.41, 5.74) is 4.86. The van der Waals surface area contributed by atoms with Crippen molar-refractivity contribution in [2.45, 2.75) is 38.0 Å². The molecule has 0 atom stereocenters. The molecule has 0 radical (unpaired) electrons. The summed E-state index contributed by atoms with van der Waals surface area (Å²) in [5, 5.41) is 5.81. The van der Waals surface area contributed by atoms with Crippen molar-refractivity contribution in [3.8, 4) is 0 Å². The molecule has 3 N–H and O–H groups in total. The topological polar surface area (TPSA) is 115 Å². The summed E-state index contributed by atoms with van der Waals surface area (Å²) in [6.45, 7) is 7.53. The lowest BCUT2D eigenvalue weighted by atomic mass is 10.0. The number of nitrogens with one attached hydrogen (secondary N) is 3.